The van der Waals surface area contributed by atoms with Gasteiger partial charge in [0, 0.05) is 26.7 Å². The molecule has 0 aliphatic carbocycles. The van der Waals surface area contributed by atoms with Crippen molar-refractivity contribution in [3.8, 4) is 11.5 Å². The van der Waals surface area contributed by atoms with Crippen LogP contribution in [0.4, 0.5) is 0 Å². The van der Waals surface area contributed by atoms with Crippen molar-refractivity contribution in [2.75, 3.05) is 28.3 Å². The normalized spacial score (nSPS) is 12.8. The Balaban J connectivity index is 2.05. The van der Waals surface area contributed by atoms with E-state index >= 15 is 0 Å². The number of nitrogens with zero attached hydrogens (tertiary/aromatic N) is 1. The summed E-state index contributed by atoms with van der Waals surface area (Å²) in [5.74, 6) is 1.39. The third-order valence-corrected chi connectivity index (χ3v) is 6.05. The Kier molecular flexibility index (Phi) is 6.63. The van der Waals surface area contributed by atoms with E-state index in [0.717, 1.165) is 11.1 Å². The molecule has 0 aliphatic rings. The zero-order valence-corrected chi connectivity index (χ0v) is 16.6. The molecule has 0 amide bonds. The summed E-state index contributed by atoms with van der Waals surface area (Å²) in [5.41, 5.74) is 2.09. The van der Waals surface area contributed by atoms with Crippen molar-refractivity contribution in [2.45, 2.75) is 24.4 Å². The quantitative estimate of drug-likeness (QED) is 0.765. The Bertz CT molecular complexity index is 833. The Hall–Kier alpha value is -2.09. The van der Waals surface area contributed by atoms with E-state index in [9.17, 15) is 8.42 Å². The molecular weight excluding hydrogens is 352 g/mol. The number of hydrogen-bond donors (Lipinski definition) is 1. The van der Waals surface area contributed by atoms with E-state index in [0.29, 0.717) is 22.9 Å². The van der Waals surface area contributed by atoms with E-state index in [1.165, 1.54) is 18.4 Å². The van der Waals surface area contributed by atoms with Gasteiger partial charge in [0.25, 0.3) is 0 Å². The Morgan fingerprint density at radius 2 is 1.62 bits per heavy atom. The average molecular weight is 378 g/mol. The van der Waals surface area contributed by atoms with Gasteiger partial charge >= 0.3 is 0 Å². The molecule has 0 saturated carbocycles. The average Bonchev–Trinajstić information content (AvgIpc) is 2.65. The largest absolute Gasteiger partial charge is 0.493 e. The van der Waals surface area contributed by atoms with Gasteiger partial charge in [-0.1, -0.05) is 18.2 Å². The van der Waals surface area contributed by atoms with Crippen LogP contribution >= 0.6 is 0 Å². The molecule has 0 radical (unpaired) electrons. The van der Waals surface area contributed by atoms with Gasteiger partial charge in [-0.2, -0.15) is 0 Å². The van der Waals surface area contributed by atoms with Crippen LogP contribution < -0.4 is 14.8 Å². The van der Waals surface area contributed by atoms with E-state index < -0.39 is 10.0 Å². The molecule has 0 aliphatic heterocycles. The van der Waals surface area contributed by atoms with Gasteiger partial charge in [0.05, 0.1) is 19.1 Å². The lowest BCUT2D eigenvalue weighted by atomic mass is 10.1. The van der Waals surface area contributed by atoms with Crippen molar-refractivity contribution in [3.05, 3.63) is 53.6 Å². The predicted octanol–water partition coefficient (Wildman–Crippen LogP) is 2.80. The van der Waals surface area contributed by atoms with Crippen LogP contribution in [-0.4, -0.2) is 41.0 Å². The van der Waals surface area contributed by atoms with Crippen molar-refractivity contribution < 1.29 is 17.9 Å². The van der Waals surface area contributed by atoms with Crippen molar-refractivity contribution in [3.63, 3.8) is 0 Å². The molecule has 142 valence electrons. The first-order valence-corrected chi connectivity index (χ1v) is 9.70. The van der Waals surface area contributed by atoms with Crippen molar-refractivity contribution in [2.24, 2.45) is 0 Å². The van der Waals surface area contributed by atoms with Crippen LogP contribution in [0.3, 0.4) is 0 Å². The standard InChI is InChI=1S/C19H26N2O4S/c1-14(16-7-9-17(10-8-16)26(22,23)21(2)3)20-13-15-6-11-18(24-4)19(12-15)25-5/h6-12,14,20H,13H2,1-5H3. The molecule has 1 atom stereocenters. The molecule has 2 aromatic rings. The maximum absolute atomic E-state index is 12.1. The fourth-order valence-corrected chi connectivity index (χ4v) is 3.42. The zero-order chi connectivity index (χ0) is 19.3. The van der Waals surface area contributed by atoms with Crippen molar-refractivity contribution in [1.82, 2.24) is 9.62 Å². The molecule has 0 aromatic heterocycles. The highest BCUT2D eigenvalue weighted by Gasteiger charge is 2.17. The molecular formula is C19H26N2O4S. The maximum atomic E-state index is 12.1. The zero-order valence-electron chi connectivity index (χ0n) is 15.8. The molecule has 0 saturated heterocycles. The first-order valence-electron chi connectivity index (χ1n) is 8.26. The summed E-state index contributed by atoms with van der Waals surface area (Å²) in [6.45, 7) is 2.69. The molecule has 26 heavy (non-hydrogen) atoms. The minimum atomic E-state index is -3.40. The maximum Gasteiger partial charge on any atom is 0.242 e. The molecule has 2 rings (SSSR count). The number of benzene rings is 2. The Labute approximate surface area is 155 Å². The number of ether oxygens (including phenoxy) is 2. The van der Waals surface area contributed by atoms with Crippen LogP contribution in [0.5, 0.6) is 11.5 Å². The van der Waals surface area contributed by atoms with Crippen LogP contribution in [0.2, 0.25) is 0 Å². The van der Waals surface area contributed by atoms with E-state index in [1.54, 1.807) is 26.4 Å². The summed E-state index contributed by atoms with van der Waals surface area (Å²) in [5, 5.41) is 3.43. The van der Waals surface area contributed by atoms with E-state index in [4.69, 9.17) is 9.47 Å². The summed E-state index contributed by atoms with van der Waals surface area (Å²) in [6.07, 6.45) is 0. The minimum absolute atomic E-state index is 0.0687. The summed E-state index contributed by atoms with van der Waals surface area (Å²) in [7, 11) is 2.87. The lowest BCUT2D eigenvalue weighted by Crippen LogP contribution is -2.22. The number of nitrogens with one attached hydrogen (secondary N) is 1. The number of sulfonamides is 1. The van der Waals surface area contributed by atoms with Crippen LogP contribution in [0.25, 0.3) is 0 Å². The van der Waals surface area contributed by atoms with Crippen LogP contribution in [0.1, 0.15) is 24.1 Å². The molecule has 0 heterocycles. The highest BCUT2D eigenvalue weighted by molar-refractivity contribution is 7.89. The van der Waals surface area contributed by atoms with E-state index in [2.05, 4.69) is 5.32 Å². The first kappa shape index (κ1) is 20.2. The summed E-state index contributed by atoms with van der Waals surface area (Å²) >= 11 is 0. The van der Waals surface area contributed by atoms with E-state index in [-0.39, 0.29) is 6.04 Å². The fourth-order valence-electron chi connectivity index (χ4n) is 2.52. The molecule has 0 bridgehead atoms. The van der Waals surface area contributed by atoms with Crippen LogP contribution in [0, 0.1) is 0 Å². The highest BCUT2D eigenvalue weighted by atomic mass is 32.2. The molecule has 1 unspecified atom stereocenters. The van der Waals surface area contributed by atoms with Gasteiger partial charge < -0.3 is 14.8 Å². The molecule has 2 aromatic carbocycles. The number of methoxy groups -OCH3 is 2. The van der Waals surface area contributed by atoms with Gasteiger partial charge in [0.15, 0.2) is 11.5 Å². The molecule has 0 fully saturated rings. The van der Waals surface area contributed by atoms with Crippen LogP contribution in [0.15, 0.2) is 47.4 Å². The van der Waals surface area contributed by atoms with Crippen molar-refractivity contribution in [1.29, 1.82) is 0 Å². The third kappa shape index (κ3) is 4.55. The Morgan fingerprint density at radius 1 is 1.00 bits per heavy atom. The van der Waals surface area contributed by atoms with E-state index in [1.807, 2.05) is 37.3 Å². The number of hydrogen-bond acceptors (Lipinski definition) is 5. The summed E-state index contributed by atoms with van der Waals surface area (Å²) in [4.78, 5) is 0.290. The third-order valence-electron chi connectivity index (χ3n) is 4.22. The lowest BCUT2D eigenvalue weighted by Gasteiger charge is -2.17. The highest BCUT2D eigenvalue weighted by Crippen LogP contribution is 2.27. The smallest absolute Gasteiger partial charge is 0.242 e. The van der Waals surface area contributed by atoms with Gasteiger partial charge in [0.2, 0.25) is 10.0 Å². The SMILES string of the molecule is COc1ccc(CNC(C)c2ccc(S(=O)(=O)N(C)C)cc2)cc1OC. The van der Waals surface area contributed by atoms with Gasteiger partial charge in [-0.15, -0.1) is 0 Å². The monoisotopic (exact) mass is 378 g/mol. The first-order chi connectivity index (χ1) is 12.3. The fraction of sp³-hybridized carbons (Fsp3) is 0.368. The second-order valence-electron chi connectivity index (χ2n) is 6.15. The Morgan fingerprint density at radius 3 is 2.15 bits per heavy atom. The summed E-state index contributed by atoms with van der Waals surface area (Å²) < 4.78 is 36.0. The molecule has 6 nitrogen and oxygen atoms in total. The topological polar surface area (TPSA) is 67.9 Å². The lowest BCUT2D eigenvalue weighted by molar-refractivity contribution is 0.354. The molecule has 0 spiro atoms. The van der Waals surface area contributed by atoms with Gasteiger partial charge in [0.1, 0.15) is 0 Å². The second kappa shape index (κ2) is 8.53. The van der Waals surface area contributed by atoms with Crippen LogP contribution in [-0.2, 0) is 16.6 Å². The molecule has 1 N–H and O–H groups in total. The number of rotatable bonds is 8. The van der Waals surface area contributed by atoms with Gasteiger partial charge in [-0.3, -0.25) is 0 Å². The minimum Gasteiger partial charge on any atom is -0.493 e. The second-order valence-corrected chi connectivity index (χ2v) is 8.30. The van der Waals surface area contributed by atoms with Crippen molar-refractivity contribution >= 4 is 10.0 Å². The molecule has 7 heteroatoms. The van der Waals surface area contributed by atoms with Gasteiger partial charge in [-0.25, -0.2) is 12.7 Å². The predicted molar refractivity (Wildman–Crippen MR) is 102 cm³/mol. The van der Waals surface area contributed by atoms with Gasteiger partial charge in [-0.05, 0) is 42.3 Å². The summed E-state index contributed by atoms with van der Waals surface area (Å²) in [6, 6.07) is 12.8.